The molecule has 2 fully saturated rings. The van der Waals surface area contributed by atoms with E-state index in [0.29, 0.717) is 46.8 Å². The van der Waals surface area contributed by atoms with Crippen LogP contribution in [0.25, 0.3) is 45.0 Å². The van der Waals surface area contributed by atoms with Crippen molar-refractivity contribution >= 4 is 137 Å². The van der Waals surface area contributed by atoms with Crippen molar-refractivity contribution in [1.29, 1.82) is 0 Å². The minimum atomic E-state index is -2.21. The smallest absolute Gasteiger partial charge is 0.0313 e. The van der Waals surface area contributed by atoms with Crippen LogP contribution in [0, 0.1) is 19.3 Å². The van der Waals surface area contributed by atoms with Crippen LogP contribution in [0.3, 0.4) is 0 Å². The number of unbranched alkanes of at least 4 members (excludes halogenated alkanes) is 3. The number of para-hydroxylation sites is 4. The standard InChI is InChI=1S/C9H14BNO3.C9H10N4O.C9H9N3OS.C8H12BNO2S.C8H7N3O2.C8H7N3OS.4C6H7N.C4H5N2.C4H4NS.3C4H9.4C2H6.3CH3.2Sn/c1-8(2)9(3,4)14-10(13-8)7-5-11-12-6-7;1-13-5-7(11-6-13)9-10-4-3-8(12-9)14-2;1-6-5-7(14-12-6)9-10-4-3-8(11-9)13-2;1-8(2)5-11-9(12-6-8)7-3-10-13-4-7;2*1-12-7-2-3-9-8(11-7)6-4-10-13-5-6;4*7-6-4-2-1-3-5-6;1-6-3-2-5-4-6;1-4-2-3-6-5-4;3*1-3-4-2;4*1-2;;;;;/h5-6H,1-4H3;3-6H,1-2H3;3-5H,1-2H3;3-4H,5-6H2,1-2H3;2*2-5H,1H3;4*1-5H,7H2;3-4H,1H3;2H,1H3;3*1,3-4H2,2H3;4*1-2H3;3*1H3;;. The topological polar surface area (TPSA) is 420 Å². The summed E-state index contributed by atoms with van der Waals surface area (Å²) >= 11 is 1.95. The molecule has 0 atom stereocenters. The van der Waals surface area contributed by atoms with Gasteiger partial charge in [-0.25, -0.2) is 33.7 Å². The summed E-state index contributed by atoms with van der Waals surface area (Å²) in [5.41, 5.74) is 30.7. The van der Waals surface area contributed by atoms with E-state index in [9.17, 15) is 0 Å². The predicted octanol–water partition coefficient (Wildman–Crippen LogP) is 23.1. The van der Waals surface area contributed by atoms with Gasteiger partial charge >= 0.3 is 209 Å². The van der Waals surface area contributed by atoms with E-state index in [0.717, 1.165) is 74.3 Å². The third kappa shape index (κ3) is 49.8. The Morgan fingerprint density at radius 1 is 0.425 bits per heavy atom. The summed E-state index contributed by atoms with van der Waals surface area (Å²) in [5, 5.41) is 11.0. The maximum atomic E-state index is 5.79. The molecule has 40 heteroatoms. The number of nitrogens with zero attached hydrogens (tertiary/aromatic N) is 18. The number of aromatic nitrogens is 18. The van der Waals surface area contributed by atoms with Crippen LogP contribution in [0.5, 0.6) is 23.5 Å². The van der Waals surface area contributed by atoms with Gasteiger partial charge in [0.1, 0.15) is 18.2 Å². The van der Waals surface area contributed by atoms with Crippen LogP contribution in [0.15, 0.2) is 265 Å². The molecular weight excluding hydrogens is 2130 g/mol. The van der Waals surface area contributed by atoms with E-state index in [1.54, 1.807) is 133 Å². The van der Waals surface area contributed by atoms with E-state index >= 15 is 0 Å². The Balaban J connectivity index is 0.000000410. The van der Waals surface area contributed by atoms with Gasteiger partial charge in [0.05, 0.1) is 86.3 Å². The molecule has 2 saturated heterocycles. The van der Waals surface area contributed by atoms with Crippen LogP contribution >= 0.6 is 46.1 Å². The molecule has 146 heavy (non-hydrogen) atoms. The van der Waals surface area contributed by atoms with Crippen molar-refractivity contribution in [2.75, 3.05) is 64.6 Å². The number of ether oxygens (including phenoxy) is 4. The van der Waals surface area contributed by atoms with E-state index in [1.165, 1.54) is 98.4 Å². The first-order valence-corrected chi connectivity index (χ1v) is 69.6. The summed E-state index contributed by atoms with van der Waals surface area (Å²) in [6.45, 7) is 40.8. The summed E-state index contributed by atoms with van der Waals surface area (Å²) in [5.74, 6) is 4.62. The molecule has 0 radical (unpaired) electrons. The van der Waals surface area contributed by atoms with Gasteiger partial charge in [-0.1, -0.05) is 152 Å². The summed E-state index contributed by atoms with van der Waals surface area (Å²) < 4.78 is 80.2. The predicted molar refractivity (Wildman–Crippen MR) is 611 cm³/mol. The minimum absolute atomic E-state index is 0.139. The average molecular weight is 2290 g/mol. The maximum absolute atomic E-state index is 5.79. The monoisotopic (exact) mass is 2290 g/mol. The molecule has 0 bridgehead atoms. The molecule has 12 aromatic heterocycles. The Labute approximate surface area is 892 Å². The zero-order chi connectivity index (χ0) is 108. The Bertz CT molecular complexity index is 5550. The SMILES string of the molecule is CC.CC.CC.CC.CC1(C)COB(c2cnsc2)OC1.CC1(C)OB(c2cnoc2)OC1(C)C.CCC[CH2][Sn]([CH2]CCC)([CH2]CCC)[c]1cn(C)cn1.COc1ccnc(-c2cc(C)ns2)n1.COc1ccnc(-c2cn(C)cn2)n1.COc1ccnc(-c2cnoc2)n1.COc1ccnc(-c2cnsc2)n1.Cc1c[c]([Sn]([CH3])([CH3])[CH3])sn1.Nc1ccccc1.Nc1ccccc1.Nc1ccccc1.Nc1ccccc1. The van der Waals surface area contributed by atoms with E-state index in [2.05, 4.69) is 157 Å². The molecule has 4 aromatic carbocycles. The number of hydrogen-bond donors (Lipinski definition) is 4. The first-order chi connectivity index (χ1) is 70.2. The molecule has 0 aliphatic carbocycles. The molecule has 2 aliphatic heterocycles. The van der Waals surface area contributed by atoms with Crippen LogP contribution < -0.4 is 59.4 Å². The normalized spacial score (nSPS) is 12.2. The van der Waals surface area contributed by atoms with Gasteiger partial charge in [0, 0.05) is 132 Å². The Morgan fingerprint density at radius 3 is 1.14 bits per heavy atom. The average Bonchev–Trinajstić information content (AvgIpc) is 1.62. The first-order valence-electron chi connectivity index (χ1n) is 49.0. The van der Waals surface area contributed by atoms with Gasteiger partial charge in [-0.05, 0) is 124 Å². The van der Waals surface area contributed by atoms with Crippen molar-refractivity contribution in [3.05, 3.63) is 267 Å². The number of anilines is 4. The Morgan fingerprint density at radius 2 is 0.815 bits per heavy atom. The number of aryl methyl sites for hydroxylation is 4. The van der Waals surface area contributed by atoms with Crippen LogP contribution in [0.4, 0.5) is 22.7 Å². The fourth-order valence-corrected chi connectivity index (χ4v) is 34.6. The van der Waals surface area contributed by atoms with Gasteiger partial charge in [0.15, 0.2) is 23.3 Å². The molecule has 18 rings (SSSR count). The molecule has 8 N–H and O–H groups in total. The van der Waals surface area contributed by atoms with Crippen molar-refractivity contribution in [2.24, 2.45) is 19.5 Å². The fraction of sp³-hybridized carbons (Fsp3) is 0.396. The van der Waals surface area contributed by atoms with Crippen LogP contribution in [0.1, 0.15) is 168 Å². The second-order valence-electron chi connectivity index (χ2n) is 34.1. The molecule has 0 saturated carbocycles. The molecule has 2 aliphatic rings. The minimum Gasteiger partial charge on any atom is -0.399 e. The van der Waals surface area contributed by atoms with E-state index in [1.807, 2.05) is 252 Å². The maximum Gasteiger partial charge on any atom is 0.0313 e. The van der Waals surface area contributed by atoms with Gasteiger partial charge < -0.3 is 74.1 Å². The molecule has 32 nitrogen and oxygen atoms in total. The fourth-order valence-electron chi connectivity index (χ4n) is 12.0. The van der Waals surface area contributed by atoms with E-state index in [-0.39, 0.29) is 30.9 Å². The zero-order valence-corrected chi connectivity index (χ0v) is 99.7. The second kappa shape index (κ2) is 72.8. The number of nitrogens with two attached hydrogens (primary N) is 4. The number of benzene rings is 4. The molecule has 788 valence electrons. The molecule has 0 spiro atoms. The van der Waals surface area contributed by atoms with Gasteiger partial charge in [0.25, 0.3) is 0 Å². The number of hydrogen-bond acceptors (Lipinski definition) is 34. The third-order valence-corrected chi connectivity index (χ3v) is 47.7. The quantitative estimate of drug-likeness (QED) is 0.0383. The number of nitrogen functional groups attached to an aromatic ring is 4. The van der Waals surface area contributed by atoms with Crippen LogP contribution in [-0.4, -0.2) is 191 Å². The zero-order valence-electron chi connectivity index (χ0n) is 90.8. The van der Waals surface area contributed by atoms with Crippen molar-refractivity contribution < 1.29 is 46.6 Å². The Hall–Kier alpha value is -11.5. The molecular formula is C106H156B2N22O10S4Sn2. The van der Waals surface area contributed by atoms with Crippen molar-refractivity contribution in [1.82, 2.24) is 86.8 Å². The molecule has 14 heterocycles. The third-order valence-electron chi connectivity index (χ3n) is 20.3. The van der Waals surface area contributed by atoms with Crippen molar-refractivity contribution in [3.8, 4) is 68.5 Å². The summed E-state index contributed by atoms with van der Waals surface area (Å²) in [6.07, 6.45) is 32.5. The van der Waals surface area contributed by atoms with E-state index in [4.69, 9.17) is 70.0 Å². The van der Waals surface area contributed by atoms with Crippen molar-refractivity contribution in [3.63, 3.8) is 0 Å². The van der Waals surface area contributed by atoms with Crippen LogP contribution in [0.2, 0.25) is 28.1 Å². The molecule has 0 unspecified atom stereocenters. The number of imidazole rings is 2. The van der Waals surface area contributed by atoms with Gasteiger partial charge in [-0.3, -0.25) is 0 Å². The molecule has 0 amide bonds. The summed E-state index contributed by atoms with van der Waals surface area (Å²) in [4.78, 5) is 50.2. The first kappa shape index (κ1) is 129. The van der Waals surface area contributed by atoms with Crippen LogP contribution in [-0.2, 0) is 32.7 Å². The van der Waals surface area contributed by atoms with Crippen molar-refractivity contribution in [2.45, 2.75) is 209 Å². The van der Waals surface area contributed by atoms with E-state index < -0.39 is 36.8 Å². The molecule has 16 aromatic rings. The Kier molecular flexibility index (Phi) is 64.1. The largest absolute Gasteiger partial charge is 0.399 e. The summed E-state index contributed by atoms with van der Waals surface area (Å²) in [7, 11) is 9.74. The van der Waals surface area contributed by atoms with Gasteiger partial charge in [0.2, 0.25) is 23.5 Å². The van der Waals surface area contributed by atoms with Gasteiger partial charge in [-0.15, -0.1) is 0 Å². The van der Waals surface area contributed by atoms with Gasteiger partial charge in [-0.2, -0.15) is 24.3 Å². The summed E-state index contributed by atoms with van der Waals surface area (Å²) in [6, 6.07) is 49.0. The number of rotatable bonds is 21. The second-order valence-corrected chi connectivity index (χ2v) is 65.5. The number of methoxy groups -OCH3 is 4.